The molecule has 3 rings (SSSR count). The first-order chi connectivity index (χ1) is 14.4. The summed E-state index contributed by atoms with van der Waals surface area (Å²) in [4.78, 5) is 41.6. The van der Waals surface area contributed by atoms with Gasteiger partial charge in [0, 0.05) is 20.1 Å². The molecule has 1 aromatic carbocycles. The number of likely N-dealkylation sites (N-methyl/N-ethyl adjacent to an activating group) is 1. The zero-order valence-electron chi connectivity index (χ0n) is 17.7. The summed E-state index contributed by atoms with van der Waals surface area (Å²) in [6, 6.07) is 10.5. The monoisotopic (exact) mass is 428 g/mol. The number of anilines is 1. The molecular formula is C23H28N2O4S. The van der Waals surface area contributed by atoms with Crippen LogP contribution in [0.2, 0.25) is 0 Å². The lowest BCUT2D eigenvalue weighted by Crippen LogP contribution is -2.41. The van der Waals surface area contributed by atoms with Crippen molar-refractivity contribution in [1.82, 2.24) is 4.90 Å². The van der Waals surface area contributed by atoms with Gasteiger partial charge in [-0.05, 0) is 55.2 Å². The number of hydrogen-bond donors (Lipinski definition) is 0. The minimum Gasteiger partial charge on any atom is -0.452 e. The fourth-order valence-electron chi connectivity index (χ4n) is 3.75. The van der Waals surface area contributed by atoms with Crippen LogP contribution in [0.3, 0.4) is 0 Å². The van der Waals surface area contributed by atoms with Crippen molar-refractivity contribution in [2.75, 3.05) is 25.6 Å². The van der Waals surface area contributed by atoms with E-state index in [9.17, 15) is 14.4 Å². The van der Waals surface area contributed by atoms with Gasteiger partial charge in [0.25, 0.3) is 11.8 Å². The average Bonchev–Trinajstić information content (AvgIpc) is 3.31. The van der Waals surface area contributed by atoms with Gasteiger partial charge in [0.1, 0.15) is 0 Å². The second kappa shape index (κ2) is 9.89. The summed E-state index contributed by atoms with van der Waals surface area (Å²) in [5, 5.41) is 1.83. The molecule has 0 saturated heterocycles. The van der Waals surface area contributed by atoms with E-state index in [0.717, 1.165) is 25.7 Å². The van der Waals surface area contributed by atoms with E-state index < -0.39 is 5.97 Å². The fraction of sp³-hybridized carbons (Fsp3) is 0.435. The SMILES string of the molecule is CC1CCC(N(C)C(=O)COC(=O)c2ccccc2N(C)C(=O)c2cccs2)CC1. The van der Waals surface area contributed by atoms with Crippen molar-refractivity contribution in [3.8, 4) is 0 Å². The van der Waals surface area contributed by atoms with Gasteiger partial charge in [-0.2, -0.15) is 0 Å². The second-order valence-corrected chi connectivity index (χ2v) is 8.80. The lowest BCUT2D eigenvalue weighted by molar-refractivity contribution is -0.136. The molecule has 0 atom stereocenters. The van der Waals surface area contributed by atoms with E-state index in [4.69, 9.17) is 4.74 Å². The molecule has 0 N–H and O–H groups in total. The molecule has 160 valence electrons. The van der Waals surface area contributed by atoms with Gasteiger partial charge in [-0.3, -0.25) is 9.59 Å². The Hall–Kier alpha value is -2.67. The summed E-state index contributed by atoms with van der Waals surface area (Å²) in [7, 11) is 3.40. The molecule has 0 bridgehead atoms. The zero-order valence-corrected chi connectivity index (χ0v) is 18.5. The van der Waals surface area contributed by atoms with Crippen molar-refractivity contribution in [3.05, 3.63) is 52.2 Å². The van der Waals surface area contributed by atoms with Crippen molar-refractivity contribution in [2.45, 2.75) is 38.6 Å². The summed E-state index contributed by atoms with van der Waals surface area (Å²) in [6.07, 6.45) is 4.19. The number of para-hydroxylation sites is 1. The zero-order chi connectivity index (χ0) is 21.7. The molecule has 1 heterocycles. The molecule has 0 aliphatic heterocycles. The van der Waals surface area contributed by atoms with E-state index in [0.29, 0.717) is 16.5 Å². The highest BCUT2D eigenvalue weighted by molar-refractivity contribution is 7.12. The molecule has 1 aliphatic rings. The van der Waals surface area contributed by atoms with Crippen molar-refractivity contribution in [2.24, 2.45) is 5.92 Å². The van der Waals surface area contributed by atoms with Crippen LogP contribution >= 0.6 is 11.3 Å². The average molecular weight is 429 g/mol. The smallest absolute Gasteiger partial charge is 0.340 e. The molecule has 2 amide bonds. The second-order valence-electron chi connectivity index (χ2n) is 7.85. The summed E-state index contributed by atoms with van der Waals surface area (Å²) in [5.41, 5.74) is 0.704. The maximum atomic E-state index is 12.7. The van der Waals surface area contributed by atoms with Crippen LogP contribution in [-0.4, -0.2) is 49.4 Å². The summed E-state index contributed by atoms with van der Waals surface area (Å²) in [5.74, 6) is -0.320. The van der Waals surface area contributed by atoms with E-state index >= 15 is 0 Å². The van der Waals surface area contributed by atoms with Crippen molar-refractivity contribution in [1.29, 1.82) is 0 Å². The molecule has 1 aliphatic carbocycles. The van der Waals surface area contributed by atoms with Gasteiger partial charge in [0.15, 0.2) is 6.61 Å². The van der Waals surface area contributed by atoms with Crippen molar-refractivity contribution >= 4 is 34.8 Å². The van der Waals surface area contributed by atoms with E-state index in [2.05, 4.69) is 6.92 Å². The van der Waals surface area contributed by atoms with Crippen molar-refractivity contribution in [3.63, 3.8) is 0 Å². The van der Waals surface area contributed by atoms with E-state index in [1.807, 2.05) is 5.38 Å². The number of esters is 1. The van der Waals surface area contributed by atoms with E-state index in [1.54, 1.807) is 55.4 Å². The lowest BCUT2D eigenvalue weighted by atomic mass is 9.87. The molecule has 1 saturated carbocycles. The fourth-order valence-corrected chi connectivity index (χ4v) is 4.45. The Labute approximate surface area is 181 Å². The van der Waals surface area contributed by atoms with Crippen LogP contribution < -0.4 is 4.90 Å². The number of benzene rings is 1. The number of carbonyl (C=O) groups excluding carboxylic acids is 3. The topological polar surface area (TPSA) is 66.9 Å². The number of carbonyl (C=O) groups is 3. The molecule has 30 heavy (non-hydrogen) atoms. The maximum Gasteiger partial charge on any atom is 0.340 e. The molecule has 7 heteroatoms. The number of thiophene rings is 1. The Morgan fingerprint density at radius 1 is 1.03 bits per heavy atom. The van der Waals surface area contributed by atoms with Gasteiger partial charge in [0.2, 0.25) is 0 Å². The summed E-state index contributed by atoms with van der Waals surface area (Å²) in [6.45, 7) is 1.93. The Bertz CT molecular complexity index is 888. The molecule has 0 unspecified atom stereocenters. The number of nitrogens with zero attached hydrogens (tertiary/aromatic N) is 2. The third-order valence-electron chi connectivity index (χ3n) is 5.78. The first kappa shape index (κ1) is 22.0. The first-order valence-corrected chi connectivity index (χ1v) is 11.1. The van der Waals surface area contributed by atoms with Crippen LogP contribution in [0.4, 0.5) is 5.69 Å². The normalized spacial score (nSPS) is 18.5. The molecular weight excluding hydrogens is 400 g/mol. The Kier molecular flexibility index (Phi) is 7.26. The summed E-state index contributed by atoms with van der Waals surface area (Å²) >= 11 is 1.34. The van der Waals surface area contributed by atoms with Crippen molar-refractivity contribution < 1.29 is 19.1 Å². The van der Waals surface area contributed by atoms with Gasteiger partial charge in [0.05, 0.1) is 16.1 Å². The molecule has 1 aromatic heterocycles. The van der Waals surface area contributed by atoms with Gasteiger partial charge in [-0.25, -0.2) is 4.79 Å². The third kappa shape index (κ3) is 5.08. The minimum atomic E-state index is -0.615. The van der Waals surface area contributed by atoms with Crippen LogP contribution in [0.15, 0.2) is 41.8 Å². The van der Waals surface area contributed by atoms with Crippen LogP contribution in [0.25, 0.3) is 0 Å². The van der Waals surface area contributed by atoms with Gasteiger partial charge >= 0.3 is 5.97 Å². The number of ether oxygens (including phenoxy) is 1. The highest BCUT2D eigenvalue weighted by Crippen LogP contribution is 2.27. The van der Waals surface area contributed by atoms with Crippen LogP contribution in [0, 0.1) is 5.92 Å². The van der Waals surface area contributed by atoms with Crippen LogP contribution in [-0.2, 0) is 9.53 Å². The van der Waals surface area contributed by atoms with Gasteiger partial charge in [-0.15, -0.1) is 11.3 Å². The highest BCUT2D eigenvalue weighted by atomic mass is 32.1. The molecule has 1 fully saturated rings. The molecule has 2 aromatic rings. The predicted molar refractivity (Wildman–Crippen MR) is 118 cm³/mol. The Morgan fingerprint density at radius 3 is 2.40 bits per heavy atom. The maximum absolute atomic E-state index is 12.7. The van der Waals surface area contributed by atoms with Crippen LogP contribution in [0.5, 0.6) is 0 Å². The molecule has 0 spiro atoms. The first-order valence-electron chi connectivity index (χ1n) is 10.2. The Morgan fingerprint density at radius 2 is 1.73 bits per heavy atom. The Balaban J connectivity index is 1.63. The largest absolute Gasteiger partial charge is 0.452 e. The standard InChI is InChI=1S/C23H28N2O4S/c1-16-10-12-17(13-11-16)24(2)21(26)15-29-23(28)18-7-4-5-8-19(18)25(3)22(27)20-9-6-14-30-20/h4-9,14,16-17H,10-13,15H2,1-3H3. The number of amides is 2. The quantitative estimate of drug-likeness (QED) is 0.646. The van der Waals surface area contributed by atoms with Crippen LogP contribution in [0.1, 0.15) is 52.6 Å². The summed E-state index contributed by atoms with van der Waals surface area (Å²) < 4.78 is 5.32. The highest BCUT2D eigenvalue weighted by Gasteiger charge is 2.26. The van der Waals surface area contributed by atoms with E-state index in [-0.39, 0.29) is 30.0 Å². The third-order valence-corrected chi connectivity index (χ3v) is 6.63. The molecule has 0 radical (unpaired) electrons. The lowest BCUT2D eigenvalue weighted by Gasteiger charge is -2.33. The van der Waals surface area contributed by atoms with E-state index in [1.165, 1.54) is 16.2 Å². The molecule has 6 nitrogen and oxygen atoms in total. The van der Waals surface area contributed by atoms with Gasteiger partial charge < -0.3 is 14.5 Å². The number of rotatable bonds is 6. The minimum absolute atomic E-state index is 0.201. The predicted octanol–water partition coefficient (Wildman–Crippen LogP) is 4.22. The van der Waals surface area contributed by atoms with Gasteiger partial charge in [-0.1, -0.05) is 25.1 Å². The number of hydrogen-bond acceptors (Lipinski definition) is 5.